The van der Waals surface area contributed by atoms with Gasteiger partial charge < -0.3 is 15.2 Å². The largest absolute Gasteiger partial charge is 0.361 e. The normalized spacial score (nSPS) is 15.6. The number of aromatic amines is 1. The molecule has 0 spiro atoms. The Morgan fingerprint density at radius 3 is 2.62 bits per heavy atom. The van der Waals surface area contributed by atoms with Crippen molar-refractivity contribution in [1.29, 1.82) is 10.8 Å². The number of amides is 1. The lowest BCUT2D eigenvalue weighted by atomic mass is 10.0. The summed E-state index contributed by atoms with van der Waals surface area (Å²) < 4.78 is 0. The number of amidine groups is 1. The van der Waals surface area contributed by atoms with Crippen LogP contribution < -0.4 is 5.32 Å². The third-order valence-electron chi connectivity index (χ3n) is 5.99. The van der Waals surface area contributed by atoms with Crippen molar-refractivity contribution in [2.24, 2.45) is 0 Å². The molecule has 0 radical (unpaired) electrons. The molecule has 7 nitrogen and oxygen atoms in total. The Bertz CT molecular complexity index is 918. The minimum absolute atomic E-state index is 0.0330. The van der Waals surface area contributed by atoms with E-state index in [9.17, 15) is 4.79 Å². The minimum atomic E-state index is -0.384. The summed E-state index contributed by atoms with van der Waals surface area (Å²) in [4.78, 5) is 20.4. The second kappa shape index (κ2) is 12.1. The molecule has 1 amide bonds. The SMILES string of the molecule is CCCCC(Cc1c[nH]c2ccccc12)NC(=O)C(=N)SC(=N)N1CCN(CCC)CC1. The van der Waals surface area contributed by atoms with Crippen molar-refractivity contribution in [3.05, 3.63) is 36.0 Å². The lowest BCUT2D eigenvalue weighted by Gasteiger charge is -2.35. The highest BCUT2D eigenvalue weighted by atomic mass is 32.2. The number of para-hydroxylation sites is 1. The number of hydrogen-bond donors (Lipinski definition) is 4. The lowest BCUT2D eigenvalue weighted by molar-refractivity contribution is -0.115. The number of hydrogen-bond acceptors (Lipinski definition) is 5. The van der Waals surface area contributed by atoms with E-state index < -0.39 is 0 Å². The number of H-pyrrole nitrogens is 1. The Morgan fingerprint density at radius 2 is 1.91 bits per heavy atom. The molecule has 4 N–H and O–H groups in total. The first-order chi connectivity index (χ1) is 15.5. The number of thioether (sulfide) groups is 1. The van der Waals surface area contributed by atoms with Crippen molar-refractivity contribution < 1.29 is 4.79 Å². The van der Waals surface area contributed by atoms with Crippen molar-refractivity contribution in [3.63, 3.8) is 0 Å². The average Bonchev–Trinajstić information content (AvgIpc) is 3.20. The summed E-state index contributed by atoms with van der Waals surface area (Å²) in [7, 11) is 0. The smallest absolute Gasteiger partial charge is 0.276 e. The molecule has 2 heterocycles. The van der Waals surface area contributed by atoms with Gasteiger partial charge in [0, 0.05) is 49.3 Å². The molecule has 1 aliphatic rings. The maximum Gasteiger partial charge on any atom is 0.276 e. The van der Waals surface area contributed by atoms with Crippen molar-refractivity contribution in [2.75, 3.05) is 32.7 Å². The van der Waals surface area contributed by atoms with Crippen LogP contribution in [0.5, 0.6) is 0 Å². The molecular formula is C24H36N6OS. The van der Waals surface area contributed by atoms with Crippen LogP contribution in [0.3, 0.4) is 0 Å². The molecule has 174 valence electrons. The first kappa shape index (κ1) is 24.3. The van der Waals surface area contributed by atoms with Gasteiger partial charge in [-0.3, -0.25) is 20.5 Å². The van der Waals surface area contributed by atoms with Gasteiger partial charge in [0.15, 0.2) is 10.2 Å². The molecule has 3 rings (SSSR count). The number of piperazine rings is 1. The Hall–Kier alpha value is -2.32. The number of fused-ring (bicyclic) bond motifs is 1. The van der Waals surface area contributed by atoms with Crippen LogP contribution in [0.4, 0.5) is 0 Å². The van der Waals surface area contributed by atoms with Gasteiger partial charge in [0.25, 0.3) is 5.91 Å². The molecule has 1 atom stereocenters. The van der Waals surface area contributed by atoms with Crippen molar-refractivity contribution in [1.82, 2.24) is 20.1 Å². The predicted octanol–water partition coefficient (Wildman–Crippen LogP) is 4.06. The van der Waals surface area contributed by atoms with Crippen LogP contribution in [-0.4, -0.2) is 69.7 Å². The number of carbonyl (C=O) groups excluding carboxylic acids is 1. The number of nitrogens with one attached hydrogen (secondary N) is 4. The van der Waals surface area contributed by atoms with Gasteiger partial charge in [-0.15, -0.1) is 0 Å². The standard InChI is InChI=1S/C24H36N6OS/c1-3-5-8-19(16-18-17-27-21-10-7-6-9-20(18)21)28-23(31)22(25)32-24(26)30-14-12-29(11-4-2)13-15-30/h6-7,9-10,17,19,25-27H,3-5,8,11-16H2,1-2H3,(H,28,31). The van der Waals surface area contributed by atoms with Crippen LogP contribution in [-0.2, 0) is 11.2 Å². The van der Waals surface area contributed by atoms with E-state index >= 15 is 0 Å². The summed E-state index contributed by atoms with van der Waals surface area (Å²) in [6.07, 6.45) is 6.83. The first-order valence-electron chi connectivity index (χ1n) is 11.7. The summed E-state index contributed by atoms with van der Waals surface area (Å²) in [6.45, 7) is 8.82. The molecule has 1 unspecified atom stereocenters. The summed E-state index contributed by atoms with van der Waals surface area (Å²) in [5.41, 5.74) is 2.28. The Balaban J connectivity index is 1.54. The van der Waals surface area contributed by atoms with Crippen LogP contribution in [0, 0.1) is 10.8 Å². The van der Waals surface area contributed by atoms with Gasteiger partial charge in [-0.25, -0.2) is 0 Å². The van der Waals surface area contributed by atoms with Gasteiger partial charge in [0.2, 0.25) is 0 Å². The van der Waals surface area contributed by atoms with Crippen molar-refractivity contribution >= 4 is 38.8 Å². The zero-order valence-electron chi connectivity index (χ0n) is 19.2. The topological polar surface area (TPSA) is 99.1 Å². The molecule has 1 saturated heterocycles. The zero-order chi connectivity index (χ0) is 22.9. The van der Waals surface area contributed by atoms with Gasteiger partial charge >= 0.3 is 0 Å². The fourth-order valence-electron chi connectivity index (χ4n) is 4.19. The van der Waals surface area contributed by atoms with Crippen LogP contribution in [0.15, 0.2) is 30.5 Å². The van der Waals surface area contributed by atoms with E-state index in [0.717, 1.165) is 82.1 Å². The molecule has 0 bridgehead atoms. The molecule has 8 heteroatoms. The van der Waals surface area contributed by atoms with Gasteiger partial charge in [-0.2, -0.15) is 0 Å². The number of benzene rings is 1. The first-order valence-corrected chi connectivity index (χ1v) is 12.5. The average molecular weight is 457 g/mol. The fraction of sp³-hybridized carbons (Fsp3) is 0.542. The maximum atomic E-state index is 12.8. The fourth-order valence-corrected chi connectivity index (χ4v) is 4.85. The maximum absolute atomic E-state index is 12.8. The van der Waals surface area contributed by atoms with E-state index in [1.807, 2.05) is 23.2 Å². The summed E-state index contributed by atoms with van der Waals surface area (Å²) >= 11 is 0.961. The zero-order valence-corrected chi connectivity index (χ0v) is 20.1. The Kier molecular flexibility index (Phi) is 9.17. The molecule has 1 fully saturated rings. The van der Waals surface area contributed by atoms with Crippen LogP contribution in [0.1, 0.15) is 45.1 Å². The monoisotopic (exact) mass is 456 g/mol. The third-order valence-corrected chi connectivity index (χ3v) is 6.83. The van der Waals surface area contributed by atoms with Gasteiger partial charge in [0.1, 0.15) is 0 Å². The van der Waals surface area contributed by atoms with E-state index in [-0.39, 0.29) is 17.0 Å². The third kappa shape index (κ3) is 6.59. The molecule has 1 aromatic carbocycles. The molecule has 32 heavy (non-hydrogen) atoms. The molecule has 1 aliphatic heterocycles. The quantitative estimate of drug-likeness (QED) is 0.356. The Morgan fingerprint density at radius 1 is 1.16 bits per heavy atom. The molecular weight excluding hydrogens is 420 g/mol. The number of carbonyl (C=O) groups is 1. The van der Waals surface area contributed by atoms with Crippen LogP contribution >= 0.6 is 11.8 Å². The predicted molar refractivity (Wildman–Crippen MR) is 135 cm³/mol. The van der Waals surface area contributed by atoms with E-state index in [0.29, 0.717) is 5.17 Å². The van der Waals surface area contributed by atoms with E-state index in [1.54, 1.807) is 0 Å². The number of aromatic nitrogens is 1. The van der Waals surface area contributed by atoms with Crippen LogP contribution in [0.25, 0.3) is 10.9 Å². The van der Waals surface area contributed by atoms with E-state index in [1.165, 1.54) is 10.9 Å². The van der Waals surface area contributed by atoms with E-state index in [2.05, 4.69) is 41.2 Å². The second-order valence-corrected chi connectivity index (χ2v) is 9.44. The number of nitrogens with zero attached hydrogens (tertiary/aromatic N) is 2. The molecule has 0 saturated carbocycles. The Labute approximate surface area is 195 Å². The highest BCUT2D eigenvalue weighted by Crippen LogP contribution is 2.21. The van der Waals surface area contributed by atoms with Crippen molar-refractivity contribution in [2.45, 2.75) is 52.0 Å². The second-order valence-electron chi connectivity index (χ2n) is 8.44. The van der Waals surface area contributed by atoms with Gasteiger partial charge in [-0.1, -0.05) is 44.9 Å². The molecule has 2 aromatic rings. The minimum Gasteiger partial charge on any atom is -0.361 e. The van der Waals surface area contributed by atoms with Gasteiger partial charge in [-0.05, 0) is 49.2 Å². The van der Waals surface area contributed by atoms with E-state index in [4.69, 9.17) is 10.8 Å². The lowest BCUT2D eigenvalue weighted by Crippen LogP contribution is -2.48. The molecule has 1 aromatic heterocycles. The number of rotatable bonds is 8. The summed E-state index contributed by atoms with van der Waals surface area (Å²) in [6, 6.07) is 8.15. The highest BCUT2D eigenvalue weighted by molar-refractivity contribution is 8.27. The summed E-state index contributed by atoms with van der Waals surface area (Å²) in [5.74, 6) is -0.384. The molecule has 0 aliphatic carbocycles. The van der Waals surface area contributed by atoms with Crippen molar-refractivity contribution in [3.8, 4) is 0 Å². The highest BCUT2D eigenvalue weighted by Gasteiger charge is 2.23. The van der Waals surface area contributed by atoms with Gasteiger partial charge in [0.05, 0.1) is 0 Å². The number of unbranched alkanes of at least 4 members (excludes halogenated alkanes) is 1. The summed E-state index contributed by atoms with van der Waals surface area (Å²) in [5, 5.41) is 21.1. The van der Waals surface area contributed by atoms with Crippen LogP contribution in [0.2, 0.25) is 0 Å².